The lowest BCUT2D eigenvalue weighted by Crippen LogP contribution is -2.31. The third-order valence-electron chi connectivity index (χ3n) is 4.95. The first kappa shape index (κ1) is 18.7. The zero-order valence-electron chi connectivity index (χ0n) is 14.6. The molecule has 2 aromatic heterocycles. The zero-order valence-corrected chi connectivity index (χ0v) is 17.0. The van der Waals surface area contributed by atoms with E-state index in [0.717, 1.165) is 42.4 Å². The smallest absolute Gasteiger partial charge is 0.243 e. The number of rotatable bonds is 4. The lowest BCUT2D eigenvalue weighted by Gasteiger charge is -2.20. The summed E-state index contributed by atoms with van der Waals surface area (Å²) in [7, 11) is -3.57. The monoisotopic (exact) mass is 422 g/mol. The Bertz CT molecular complexity index is 1090. The molecule has 4 rings (SSSR count). The predicted octanol–water partition coefficient (Wildman–Crippen LogP) is 4.93. The Labute approximate surface area is 167 Å². The van der Waals surface area contributed by atoms with Gasteiger partial charge in [0.25, 0.3) is 0 Å². The minimum absolute atomic E-state index is 0.231. The van der Waals surface area contributed by atoms with Gasteiger partial charge in [0.05, 0.1) is 19.8 Å². The predicted molar refractivity (Wildman–Crippen MR) is 109 cm³/mol. The molecule has 1 aliphatic heterocycles. The van der Waals surface area contributed by atoms with E-state index in [1.54, 1.807) is 28.6 Å². The molecular weight excluding hydrogens is 404 g/mol. The fraction of sp³-hybridized carbons (Fsp3) is 0.316. The number of hydrogen-bond acceptors (Lipinski definition) is 4. The van der Waals surface area contributed by atoms with Gasteiger partial charge in [-0.25, -0.2) is 8.42 Å². The minimum atomic E-state index is -3.57. The highest BCUT2D eigenvalue weighted by Gasteiger charge is 2.26. The summed E-state index contributed by atoms with van der Waals surface area (Å²) in [6.45, 7) is 1.10. The number of aldehydes is 1. The number of thiophene rings is 1. The largest absolute Gasteiger partial charge is 0.353 e. The molecule has 5 nitrogen and oxygen atoms in total. The molecule has 0 saturated carbocycles. The molecule has 142 valence electrons. The van der Waals surface area contributed by atoms with E-state index >= 15 is 0 Å². The van der Waals surface area contributed by atoms with Crippen LogP contribution in [-0.4, -0.2) is 37.1 Å². The Kier molecular flexibility index (Phi) is 5.11. The molecule has 0 unspecified atom stereocenters. The van der Waals surface area contributed by atoms with Crippen molar-refractivity contribution in [2.75, 3.05) is 13.1 Å². The molecule has 3 aromatic rings. The summed E-state index contributed by atoms with van der Waals surface area (Å²) in [5.41, 5.74) is 1.85. The molecule has 8 heteroatoms. The molecule has 1 N–H and O–H groups in total. The third kappa shape index (κ3) is 3.45. The van der Waals surface area contributed by atoms with Gasteiger partial charge in [-0.15, -0.1) is 11.3 Å². The summed E-state index contributed by atoms with van der Waals surface area (Å²) < 4.78 is 28.3. The summed E-state index contributed by atoms with van der Waals surface area (Å²) in [6.07, 6.45) is 4.66. The maximum absolute atomic E-state index is 13.1. The van der Waals surface area contributed by atoms with Gasteiger partial charge in [0.15, 0.2) is 6.29 Å². The van der Waals surface area contributed by atoms with Crippen LogP contribution in [0.3, 0.4) is 0 Å². The molecule has 1 aromatic carbocycles. The molecule has 27 heavy (non-hydrogen) atoms. The number of carbonyl (C=O) groups excluding carboxylic acids is 1. The Morgan fingerprint density at radius 1 is 1.07 bits per heavy atom. The first-order valence-corrected chi connectivity index (χ1v) is 11.5. The van der Waals surface area contributed by atoms with Gasteiger partial charge in [0.1, 0.15) is 0 Å². The maximum atomic E-state index is 13.1. The zero-order chi connectivity index (χ0) is 19.0. The van der Waals surface area contributed by atoms with Crippen LogP contribution < -0.4 is 0 Å². The van der Waals surface area contributed by atoms with E-state index in [1.165, 1.54) is 11.3 Å². The number of aromatic amines is 1. The van der Waals surface area contributed by atoms with Crippen molar-refractivity contribution in [1.29, 1.82) is 0 Å². The van der Waals surface area contributed by atoms with Crippen molar-refractivity contribution < 1.29 is 13.2 Å². The number of carbonyl (C=O) groups is 1. The SMILES string of the molecule is O=Cc1c(-c2ccc(Cl)s2)[nH]c2ccc(S(=O)(=O)N3CCCCCC3)cc12. The fourth-order valence-electron chi connectivity index (χ4n) is 3.55. The Morgan fingerprint density at radius 3 is 2.44 bits per heavy atom. The molecule has 1 saturated heterocycles. The molecule has 0 radical (unpaired) electrons. The number of benzene rings is 1. The molecule has 1 aliphatic rings. The summed E-state index contributed by atoms with van der Waals surface area (Å²) in [4.78, 5) is 16.1. The van der Waals surface area contributed by atoms with Crippen LogP contribution in [0.15, 0.2) is 35.2 Å². The molecular formula is C19H19ClN2O3S2. The quantitative estimate of drug-likeness (QED) is 0.606. The molecule has 0 aliphatic carbocycles. The van der Waals surface area contributed by atoms with Crippen molar-refractivity contribution in [2.24, 2.45) is 0 Å². The second kappa shape index (κ2) is 7.39. The summed E-state index contributed by atoms with van der Waals surface area (Å²) in [6, 6.07) is 8.57. The molecule has 1 fully saturated rings. The Hall–Kier alpha value is -1.67. The highest BCUT2D eigenvalue weighted by atomic mass is 35.5. The first-order valence-electron chi connectivity index (χ1n) is 8.87. The molecule has 0 amide bonds. The first-order chi connectivity index (χ1) is 13.0. The summed E-state index contributed by atoms with van der Waals surface area (Å²) in [5, 5.41) is 0.611. The number of nitrogens with one attached hydrogen (secondary N) is 1. The van der Waals surface area contributed by atoms with Crippen LogP contribution in [0, 0.1) is 0 Å². The summed E-state index contributed by atoms with van der Waals surface area (Å²) in [5.74, 6) is 0. The number of sulfonamides is 1. The second-order valence-electron chi connectivity index (χ2n) is 6.66. The van der Waals surface area contributed by atoms with Gasteiger partial charge in [-0.05, 0) is 43.2 Å². The number of H-pyrrole nitrogens is 1. The lowest BCUT2D eigenvalue weighted by atomic mass is 10.1. The Balaban J connectivity index is 1.81. The lowest BCUT2D eigenvalue weighted by molar-refractivity contribution is 0.112. The van der Waals surface area contributed by atoms with Gasteiger partial charge >= 0.3 is 0 Å². The molecule has 0 bridgehead atoms. The summed E-state index contributed by atoms with van der Waals surface area (Å²) >= 11 is 7.39. The van der Waals surface area contributed by atoms with Crippen LogP contribution >= 0.6 is 22.9 Å². The number of nitrogens with zero attached hydrogens (tertiary/aromatic N) is 1. The highest BCUT2D eigenvalue weighted by Crippen LogP contribution is 2.36. The van der Waals surface area contributed by atoms with E-state index in [0.29, 0.717) is 34.1 Å². The van der Waals surface area contributed by atoms with Crippen LogP contribution in [0.4, 0.5) is 0 Å². The van der Waals surface area contributed by atoms with Gasteiger partial charge < -0.3 is 4.98 Å². The van der Waals surface area contributed by atoms with Gasteiger partial charge in [-0.2, -0.15) is 4.31 Å². The van der Waals surface area contributed by atoms with E-state index < -0.39 is 10.0 Å². The number of aromatic nitrogens is 1. The molecule has 0 spiro atoms. The normalized spacial score (nSPS) is 16.5. The van der Waals surface area contributed by atoms with Crippen LogP contribution in [0.1, 0.15) is 36.0 Å². The van der Waals surface area contributed by atoms with E-state index in [1.807, 2.05) is 6.07 Å². The van der Waals surface area contributed by atoms with Gasteiger partial charge in [-0.3, -0.25) is 4.79 Å². The van der Waals surface area contributed by atoms with Crippen LogP contribution in [-0.2, 0) is 10.0 Å². The Morgan fingerprint density at radius 2 is 1.81 bits per heavy atom. The van der Waals surface area contributed by atoms with Crippen LogP contribution in [0.2, 0.25) is 4.34 Å². The average molecular weight is 423 g/mol. The second-order valence-corrected chi connectivity index (χ2v) is 10.3. The van der Waals surface area contributed by atoms with E-state index in [4.69, 9.17) is 11.6 Å². The van der Waals surface area contributed by atoms with Gasteiger partial charge in [0, 0.05) is 29.6 Å². The van der Waals surface area contributed by atoms with Crippen molar-refractivity contribution in [3.63, 3.8) is 0 Å². The number of halogens is 1. The van der Waals surface area contributed by atoms with E-state index in [-0.39, 0.29) is 4.90 Å². The van der Waals surface area contributed by atoms with E-state index in [2.05, 4.69) is 4.98 Å². The fourth-order valence-corrected chi connectivity index (χ4v) is 6.15. The number of fused-ring (bicyclic) bond motifs is 1. The topological polar surface area (TPSA) is 70.2 Å². The molecule has 0 atom stereocenters. The average Bonchev–Trinajstić information content (AvgIpc) is 3.12. The molecule has 3 heterocycles. The number of hydrogen-bond donors (Lipinski definition) is 1. The van der Waals surface area contributed by atoms with Crippen molar-refractivity contribution in [3.05, 3.63) is 40.2 Å². The van der Waals surface area contributed by atoms with Gasteiger partial charge in [-0.1, -0.05) is 24.4 Å². The van der Waals surface area contributed by atoms with Crippen molar-refractivity contribution >= 4 is 50.2 Å². The van der Waals surface area contributed by atoms with E-state index in [9.17, 15) is 13.2 Å². The minimum Gasteiger partial charge on any atom is -0.353 e. The highest BCUT2D eigenvalue weighted by molar-refractivity contribution is 7.89. The van der Waals surface area contributed by atoms with Crippen molar-refractivity contribution in [3.8, 4) is 10.6 Å². The standard InChI is InChI=1S/C19H19ClN2O3S2/c20-18-8-7-17(26-18)19-15(12-23)14-11-13(5-6-16(14)21-19)27(24,25)22-9-3-1-2-4-10-22/h5-8,11-12,21H,1-4,9-10H2. The van der Waals surface area contributed by atoms with Gasteiger partial charge in [0.2, 0.25) is 10.0 Å². The third-order valence-corrected chi connectivity index (χ3v) is 8.09. The van der Waals surface area contributed by atoms with Crippen molar-refractivity contribution in [2.45, 2.75) is 30.6 Å². The van der Waals surface area contributed by atoms with Crippen molar-refractivity contribution in [1.82, 2.24) is 9.29 Å². The van der Waals surface area contributed by atoms with Crippen LogP contribution in [0.5, 0.6) is 0 Å². The maximum Gasteiger partial charge on any atom is 0.243 e. The van der Waals surface area contributed by atoms with Crippen LogP contribution in [0.25, 0.3) is 21.5 Å².